The lowest BCUT2D eigenvalue weighted by atomic mass is 10.0. The maximum atomic E-state index is 6.77. The highest BCUT2D eigenvalue weighted by Crippen LogP contribution is 2.50. The van der Waals surface area contributed by atoms with E-state index in [1.54, 1.807) is 0 Å². The summed E-state index contributed by atoms with van der Waals surface area (Å²) in [5.41, 5.74) is 12.7. The Labute approximate surface area is 298 Å². The molecule has 0 amide bonds. The van der Waals surface area contributed by atoms with Crippen LogP contribution in [-0.2, 0) is 0 Å². The van der Waals surface area contributed by atoms with Gasteiger partial charge >= 0.3 is 0 Å². The van der Waals surface area contributed by atoms with E-state index >= 15 is 0 Å². The highest BCUT2D eigenvalue weighted by atomic mass is 16.5. The van der Waals surface area contributed by atoms with Crippen LogP contribution in [0.2, 0.25) is 0 Å². The third kappa shape index (κ3) is 3.65. The van der Waals surface area contributed by atoms with Gasteiger partial charge in [-0.05, 0) is 77.9 Å². The Morgan fingerprint density at radius 3 is 1.73 bits per heavy atom. The predicted octanol–water partition coefficient (Wildman–Crippen LogP) is 12.8. The van der Waals surface area contributed by atoms with Crippen molar-refractivity contribution in [1.29, 1.82) is 0 Å². The van der Waals surface area contributed by atoms with Crippen LogP contribution < -0.4 is 4.74 Å². The summed E-state index contributed by atoms with van der Waals surface area (Å²) in [7, 11) is 0. The Morgan fingerprint density at radius 2 is 0.923 bits per heavy atom. The van der Waals surface area contributed by atoms with Gasteiger partial charge in [0.2, 0.25) is 0 Å². The van der Waals surface area contributed by atoms with Gasteiger partial charge in [-0.15, -0.1) is 0 Å². The van der Waals surface area contributed by atoms with Crippen molar-refractivity contribution >= 4 is 65.4 Å². The van der Waals surface area contributed by atoms with Crippen molar-refractivity contribution < 1.29 is 4.74 Å². The topological polar surface area (TPSA) is 24.0 Å². The number of fused-ring (bicyclic) bond motifs is 12. The number of aromatic nitrogens is 3. The molecule has 0 saturated heterocycles. The Morgan fingerprint density at radius 1 is 0.327 bits per heavy atom. The first kappa shape index (κ1) is 27.7. The van der Waals surface area contributed by atoms with Gasteiger partial charge in [0.25, 0.3) is 0 Å². The van der Waals surface area contributed by atoms with Gasteiger partial charge in [-0.2, -0.15) is 0 Å². The maximum absolute atomic E-state index is 6.77. The van der Waals surface area contributed by atoms with Gasteiger partial charge in [0.1, 0.15) is 0 Å². The summed E-state index contributed by atoms with van der Waals surface area (Å²) in [5.74, 6) is 1.74. The molecule has 4 nitrogen and oxygen atoms in total. The number of ether oxygens (including phenoxy) is 1. The molecule has 0 bridgehead atoms. The predicted molar refractivity (Wildman–Crippen MR) is 215 cm³/mol. The Bertz CT molecular complexity index is 3250. The fraction of sp³-hybridized carbons (Fsp3) is 0. The number of hydrogen-bond donors (Lipinski definition) is 0. The van der Waals surface area contributed by atoms with Crippen LogP contribution in [0.1, 0.15) is 0 Å². The van der Waals surface area contributed by atoms with E-state index in [-0.39, 0.29) is 0 Å². The molecule has 1 aliphatic rings. The van der Waals surface area contributed by atoms with Gasteiger partial charge in [-0.3, -0.25) is 0 Å². The molecule has 3 aromatic heterocycles. The lowest BCUT2D eigenvalue weighted by molar-refractivity contribution is 0.477. The maximum Gasteiger partial charge on any atom is 0.154 e. The summed E-state index contributed by atoms with van der Waals surface area (Å²) in [6.07, 6.45) is 0. The molecule has 4 heteroatoms. The fourth-order valence-corrected chi connectivity index (χ4v) is 8.85. The van der Waals surface area contributed by atoms with Crippen molar-refractivity contribution in [2.45, 2.75) is 0 Å². The largest absolute Gasteiger partial charge is 0.453 e. The van der Waals surface area contributed by atoms with Gasteiger partial charge < -0.3 is 18.4 Å². The first-order valence-corrected chi connectivity index (χ1v) is 17.8. The van der Waals surface area contributed by atoms with Crippen molar-refractivity contribution in [1.82, 2.24) is 13.7 Å². The summed E-state index contributed by atoms with van der Waals surface area (Å²) in [6.45, 7) is 0. The molecule has 0 aliphatic carbocycles. The van der Waals surface area contributed by atoms with Crippen molar-refractivity contribution in [3.8, 4) is 39.7 Å². The first-order valence-electron chi connectivity index (χ1n) is 17.8. The van der Waals surface area contributed by atoms with Crippen LogP contribution in [0.15, 0.2) is 176 Å². The second-order valence-electron chi connectivity index (χ2n) is 13.7. The molecule has 4 heterocycles. The van der Waals surface area contributed by atoms with E-state index in [0.717, 1.165) is 39.6 Å². The SMILES string of the molecule is c1ccc(-c2ccc3c(c2)c2cc(-n4c5ccccc5c5c6c7ccccc7n7c6c(cc54)Oc4ccccc4-7)ccc2n3-c2ccccc2)cc1. The summed E-state index contributed by atoms with van der Waals surface area (Å²) < 4.78 is 14.0. The molecule has 242 valence electrons. The molecule has 0 saturated carbocycles. The molecule has 11 aromatic rings. The van der Waals surface area contributed by atoms with E-state index < -0.39 is 0 Å². The summed E-state index contributed by atoms with van der Waals surface area (Å²) in [6, 6.07) is 63.4. The third-order valence-electron chi connectivity index (χ3n) is 11.0. The molecule has 52 heavy (non-hydrogen) atoms. The van der Waals surface area contributed by atoms with E-state index in [1.165, 1.54) is 65.5 Å². The van der Waals surface area contributed by atoms with E-state index in [1.807, 2.05) is 6.07 Å². The van der Waals surface area contributed by atoms with Gasteiger partial charge in [0.05, 0.1) is 38.8 Å². The van der Waals surface area contributed by atoms with Crippen LogP contribution in [0.4, 0.5) is 0 Å². The summed E-state index contributed by atoms with van der Waals surface area (Å²) in [4.78, 5) is 0. The van der Waals surface area contributed by atoms with Crippen molar-refractivity contribution in [2.75, 3.05) is 0 Å². The van der Waals surface area contributed by atoms with Crippen molar-refractivity contribution in [3.05, 3.63) is 176 Å². The Hall–Kier alpha value is -7.04. The minimum absolute atomic E-state index is 0.865. The normalized spacial score (nSPS) is 12.4. The number of rotatable bonds is 3. The minimum Gasteiger partial charge on any atom is -0.453 e. The van der Waals surface area contributed by atoms with Crippen LogP contribution in [0.3, 0.4) is 0 Å². The van der Waals surface area contributed by atoms with Gasteiger partial charge in [0, 0.05) is 49.8 Å². The molecule has 8 aromatic carbocycles. The van der Waals surface area contributed by atoms with Crippen LogP contribution in [0.5, 0.6) is 11.5 Å². The number of benzene rings is 8. The molecule has 12 rings (SSSR count). The zero-order valence-electron chi connectivity index (χ0n) is 28.0. The summed E-state index contributed by atoms with van der Waals surface area (Å²) >= 11 is 0. The van der Waals surface area contributed by atoms with Gasteiger partial charge in [-0.1, -0.05) is 103 Å². The zero-order valence-corrected chi connectivity index (χ0v) is 28.0. The number of nitrogens with zero attached hydrogens (tertiary/aromatic N) is 3. The lowest BCUT2D eigenvalue weighted by Crippen LogP contribution is -2.04. The molecule has 1 aliphatic heterocycles. The Balaban J connectivity index is 1.20. The Kier molecular flexibility index (Phi) is 5.47. The van der Waals surface area contributed by atoms with Crippen LogP contribution in [-0.4, -0.2) is 13.7 Å². The molecule has 0 unspecified atom stereocenters. The smallest absolute Gasteiger partial charge is 0.154 e. The van der Waals surface area contributed by atoms with Gasteiger partial charge in [0.15, 0.2) is 11.5 Å². The molecular formula is C48H29N3O. The second-order valence-corrected chi connectivity index (χ2v) is 13.7. The van der Waals surface area contributed by atoms with E-state index in [9.17, 15) is 0 Å². The number of para-hydroxylation sites is 5. The van der Waals surface area contributed by atoms with E-state index in [0.29, 0.717) is 0 Å². The monoisotopic (exact) mass is 663 g/mol. The fourth-order valence-electron chi connectivity index (χ4n) is 8.85. The highest BCUT2D eigenvalue weighted by Gasteiger charge is 2.28. The van der Waals surface area contributed by atoms with Crippen LogP contribution in [0.25, 0.3) is 93.6 Å². The van der Waals surface area contributed by atoms with Crippen LogP contribution in [0, 0.1) is 0 Å². The van der Waals surface area contributed by atoms with Crippen LogP contribution >= 0.6 is 0 Å². The molecule has 0 fully saturated rings. The molecule has 0 atom stereocenters. The van der Waals surface area contributed by atoms with Crippen molar-refractivity contribution in [2.24, 2.45) is 0 Å². The molecule has 0 N–H and O–H groups in total. The van der Waals surface area contributed by atoms with Crippen molar-refractivity contribution in [3.63, 3.8) is 0 Å². The first-order chi connectivity index (χ1) is 25.8. The quantitative estimate of drug-likeness (QED) is 0.185. The molecule has 0 radical (unpaired) electrons. The zero-order chi connectivity index (χ0) is 33.9. The minimum atomic E-state index is 0.865. The third-order valence-corrected chi connectivity index (χ3v) is 11.0. The average Bonchev–Trinajstić information content (AvgIpc) is 3.84. The van der Waals surface area contributed by atoms with Gasteiger partial charge in [-0.25, -0.2) is 0 Å². The molecular weight excluding hydrogens is 635 g/mol. The number of hydrogen-bond acceptors (Lipinski definition) is 1. The standard InChI is InChI=1S/C48H29N3O/c1-3-13-30(14-4-1)31-23-25-40-36(27-31)37-28-33(24-26-41(37)49(40)32-15-5-2-6-16-32)50-38-19-9-7-17-34(38)46-43(50)29-45-48-47(46)35-18-8-10-20-39(35)51(48)42-21-11-12-22-44(42)52-45/h1-29H. The summed E-state index contributed by atoms with van der Waals surface area (Å²) in [5, 5.41) is 7.35. The molecule has 0 spiro atoms. The lowest BCUT2D eigenvalue weighted by Gasteiger charge is -2.21. The average molecular weight is 664 g/mol. The second kappa shape index (κ2) is 10.3. The van der Waals surface area contributed by atoms with E-state index in [4.69, 9.17) is 4.74 Å². The highest BCUT2D eigenvalue weighted by molar-refractivity contribution is 6.30. The van der Waals surface area contributed by atoms with E-state index in [2.05, 4.69) is 184 Å².